The highest BCUT2D eigenvalue weighted by Crippen LogP contribution is 2.16. The van der Waals surface area contributed by atoms with E-state index in [-0.39, 0.29) is 6.03 Å². The molecule has 0 saturated heterocycles. The van der Waals surface area contributed by atoms with Gasteiger partial charge in [-0.15, -0.1) is 0 Å². The van der Waals surface area contributed by atoms with Gasteiger partial charge in [0.15, 0.2) is 0 Å². The van der Waals surface area contributed by atoms with Crippen molar-refractivity contribution in [3.05, 3.63) is 12.2 Å². The Balaban J connectivity index is 2.34. The summed E-state index contributed by atoms with van der Waals surface area (Å²) in [6, 6.07) is 0.0419. The lowest BCUT2D eigenvalue weighted by atomic mass is 9.94. The van der Waals surface area contributed by atoms with E-state index < -0.39 is 0 Å². The summed E-state index contributed by atoms with van der Waals surface area (Å²) in [5, 5.41) is 3.06. The van der Waals surface area contributed by atoms with Gasteiger partial charge in [-0.3, -0.25) is 0 Å². The van der Waals surface area contributed by atoms with E-state index in [2.05, 4.69) is 31.3 Å². The van der Waals surface area contributed by atoms with Gasteiger partial charge in [0.2, 0.25) is 0 Å². The lowest BCUT2D eigenvalue weighted by Crippen LogP contribution is -2.45. The first-order valence-electron chi connectivity index (χ1n) is 7.30. The van der Waals surface area contributed by atoms with Crippen LogP contribution in [0.3, 0.4) is 0 Å². The number of nitrogens with one attached hydrogen (secondary N) is 1. The Morgan fingerprint density at radius 1 is 1.47 bits per heavy atom. The number of hydrogen-bond acceptors (Lipinski definition) is 2. The average Bonchev–Trinajstić information content (AvgIpc) is 2.41. The third-order valence-electron chi connectivity index (χ3n) is 3.36. The summed E-state index contributed by atoms with van der Waals surface area (Å²) in [6.45, 7) is 7.06. The highest BCUT2D eigenvalue weighted by Gasteiger charge is 2.16. The molecule has 0 aromatic heterocycles. The van der Waals surface area contributed by atoms with Crippen molar-refractivity contribution < 1.29 is 9.53 Å². The number of amides is 2. The van der Waals surface area contributed by atoms with Crippen molar-refractivity contribution in [3.8, 4) is 0 Å². The molecule has 2 amide bonds. The average molecular weight is 268 g/mol. The molecule has 4 nitrogen and oxygen atoms in total. The largest absolute Gasteiger partial charge is 0.383 e. The molecule has 1 aliphatic carbocycles. The number of nitrogens with zero attached hydrogens (tertiary/aromatic N) is 1. The van der Waals surface area contributed by atoms with Crippen LogP contribution in [0.5, 0.6) is 0 Å². The van der Waals surface area contributed by atoms with E-state index in [0.717, 1.165) is 25.9 Å². The van der Waals surface area contributed by atoms with Crippen LogP contribution >= 0.6 is 0 Å². The topological polar surface area (TPSA) is 41.6 Å². The first-order valence-corrected chi connectivity index (χ1v) is 7.30. The smallest absolute Gasteiger partial charge is 0.317 e. The summed E-state index contributed by atoms with van der Waals surface area (Å²) in [6.07, 6.45) is 7.85. The molecular weight excluding hydrogens is 240 g/mol. The van der Waals surface area contributed by atoms with E-state index in [0.29, 0.717) is 25.0 Å². The van der Waals surface area contributed by atoms with Crippen LogP contribution in [0.2, 0.25) is 0 Å². The molecule has 1 unspecified atom stereocenters. The molecular formula is C15H28N2O2. The zero-order chi connectivity index (χ0) is 14.1. The molecule has 0 fully saturated rings. The van der Waals surface area contributed by atoms with E-state index >= 15 is 0 Å². The Hall–Kier alpha value is -1.03. The van der Waals surface area contributed by atoms with Gasteiger partial charge in [-0.2, -0.15) is 0 Å². The number of hydrogen-bond donors (Lipinski definition) is 1. The quantitative estimate of drug-likeness (QED) is 0.721. The van der Waals surface area contributed by atoms with Crippen molar-refractivity contribution in [3.63, 3.8) is 0 Å². The van der Waals surface area contributed by atoms with Gasteiger partial charge in [-0.05, 0) is 31.1 Å². The van der Waals surface area contributed by atoms with Crippen molar-refractivity contribution in [2.24, 2.45) is 11.8 Å². The number of carbonyl (C=O) groups excluding carboxylic acids is 1. The molecule has 0 aromatic carbocycles. The minimum Gasteiger partial charge on any atom is -0.383 e. The zero-order valence-electron chi connectivity index (χ0n) is 12.5. The first kappa shape index (κ1) is 16.0. The molecule has 1 aliphatic rings. The van der Waals surface area contributed by atoms with Crippen molar-refractivity contribution in [2.75, 3.05) is 33.4 Å². The number of urea groups is 1. The summed E-state index contributed by atoms with van der Waals surface area (Å²) >= 11 is 0. The number of carbonyl (C=O) groups is 1. The molecule has 0 aliphatic heterocycles. The molecule has 110 valence electrons. The van der Waals surface area contributed by atoms with Crippen LogP contribution in [-0.4, -0.2) is 44.3 Å². The molecule has 0 radical (unpaired) electrons. The Morgan fingerprint density at radius 2 is 2.26 bits per heavy atom. The van der Waals surface area contributed by atoms with Crippen LogP contribution in [0.1, 0.15) is 33.1 Å². The normalized spacial score (nSPS) is 18.6. The minimum atomic E-state index is 0.0419. The van der Waals surface area contributed by atoms with Gasteiger partial charge >= 0.3 is 6.03 Å². The van der Waals surface area contributed by atoms with Gasteiger partial charge in [0, 0.05) is 26.7 Å². The van der Waals surface area contributed by atoms with E-state index in [4.69, 9.17) is 4.74 Å². The maximum Gasteiger partial charge on any atom is 0.317 e. The van der Waals surface area contributed by atoms with Gasteiger partial charge in [-0.25, -0.2) is 4.79 Å². The monoisotopic (exact) mass is 268 g/mol. The van der Waals surface area contributed by atoms with Crippen molar-refractivity contribution in [1.29, 1.82) is 0 Å². The minimum absolute atomic E-state index is 0.0419. The maximum atomic E-state index is 12.2. The predicted octanol–water partition coefficient (Wildman–Crippen LogP) is 2.66. The molecule has 19 heavy (non-hydrogen) atoms. The van der Waals surface area contributed by atoms with E-state index in [1.165, 1.54) is 6.42 Å². The number of allylic oxidation sites excluding steroid dienone is 2. The van der Waals surface area contributed by atoms with Gasteiger partial charge < -0.3 is 15.0 Å². The van der Waals surface area contributed by atoms with Crippen LogP contribution in [0.4, 0.5) is 4.79 Å². The molecule has 0 bridgehead atoms. The molecule has 0 aromatic rings. The number of rotatable bonds is 7. The fourth-order valence-electron chi connectivity index (χ4n) is 2.30. The fraction of sp³-hybridized carbons (Fsp3) is 0.800. The standard InChI is InChI=1S/C15H28N2O2/c1-13(2)12-17(9-10-19-3)15(18)16-11-14-7-5-4-6-8-14/h4-5,13-14H,6-12H2,1-3H3,(H,16,18). The van der Waals surface area contributed by atoms with Crippen LogP contribution in [0.25, 0.3) is 0 Å². The van der Waals surface area contributed by atoms with E-state index in [9.17, 15) is 4.79 Å². The summed E-state index contributed by atoms with van der Waals surface area (Å²) in [5.41, 5.74) is 0. The molecule has 0 saturated carbocycles. The Labute approximate surface area is 117 Å². The van der Waals surface area contributed by atoms with Crippen molar-refractivity contribution in [2.45, 2.75) is 33.1 Å². The lowest BCUT2D eigenvalue weighted by Gasteiger charge is -2.26. The number of methoxy groups -OCH3 is 1. The summed E-state index contributed by atoms with van der Waals surface area (Å²) in [7, 11) is 1.67. The molecule has 4 heteroatoms. The molecule has 1 atom stereocenters. The molecule has 1 N–H and O–H groups in total. The second-order valence-corrected chi connectivity index (χ2v) is 5.67. The second kappa shape index (κ2) is 8.97. The number of ether oxygens (including phenoxy) is 1. The third-order valence-corrected chi connectivity index (χ3v) is 3.36. The highest BCUT2D eigenvalue weighted by atomic mass is 16.5. The molecule has 1 rings (SSSR count). The van der Waals surface area contributed by atoms with Gasteiger partial charge in [0.25, 0.3) is 0 Å². The highest BCUT2D eigenvalue weighted by molar-refractivity contribution is 5.74. The van der Waals surface area contributed by atoms with Gasteiger partial charge in [0.1, 0.15) is 0 Å². The van der Waals surface area contributed by atoms with Gasteiger partial charge in [0.05, 0.1) is 6.61 Å². The summed E-state index contributed by atoms with van der Waals surface area (Å²) in [4.78, 5) is 14.0. The maximum absolute atomic E-state index is 12.2. The van der Waals surface area contributed by atoms with E-state index in [1.807, 2.05) is 4.90 Å². The first-order chi connectivity index (χ1) is 9.13. The third kappa shape index (κ3) is 6.62. The van der Waals surface area contributed by atoms with Crippen molar-refractivity contribution >= 4 is 6.03 Å². The summed E-state index contributed by atoms with van der Waals surface area (Å²) < 4.78 is 5.07. The Kier molecular flexibility index (Phi) is 7.56. The molecule has 0 heterocycles. The molecule has 0 spiro atoms. The fourth-order valence-corrected chi connectivity index (χ4v) is 2.30. The Morgan fingerprint density at radius 3 is 2.84 bits per heavy atom. The van der Waals surface area contributed by atoms with Crippen LogP contribution < -0.4 is 5.32 Å². The zero-order valence-corrected chi connectivity index (χ0v) is 12.5. The van der Waals surface area contributed by atoms with Crippen LogP contribution in [0, 0.1) is 11.8 Å². The Bertz CT molecular complexity index is 290. The van der Waals surface area contributed by atoms with Crippen LogP contribution in [-0.2, 0) is 4.74 Å². The van der Waals surface area contributed by atoms with Crippen molar-refractivity contribution in [1.82, 2.24) is 10.2 Å². The lowest BCUT2D eigenvalue weighted by molar-refractivity contribution is 0.142. The summed E-state index contributed by atoms with van der Waals surface area (Å²) in [5.74, 6) is 1.07. The second-order valence-electron chi connectivity index (χ2n) is 5.67. The van der Waals surface area contributed by atoms with E-state index in [1.54, 1.807) is 7.11 Å². The predicted molar refractivity (Wildman–Crippen MR) is 78.2 cm³/mol. The van der Waals surface area contributed by atoms with Crippen LogP contribution in [0.15, 0.2) is 12.2 Å². The SMILES string of the molecule is COCCN(CC(C)C)C(=O)NCC1CC=CCC1. The van der Waals surface area contributed by atoms with Gasteiger partial charge in [-0.1, -0.05) is 26.0 Å².